The fraction of sp³-hybridized carbons (Fsp3) is 0. The van der Waals surface area contributed by atoms with Crippen LogP contribution >= 0.6 is 0 Å². The molecule has 0 spiro atoms. The maximum atomic E-state index is 5.45. The van der Waals surface area contributed by atoms with Crippen LogP contribution in [-0.2, 0) is 0 Å². The first-order valence-corrected chi connectivity index (χ1v) is 19.0. The third kappa shape index (κ3) is 4.78. The minimum atomic E-state index is -0.369. The first-order valence-electron chi connectivity index (χ1n) is 16.8. The van der Waals surface area contributed by atoms with E-state index in [-0.39, 0.29) is 21.2 Å². The van der Waals surface area contributed by atoms with Gasteiger partial charge in [0.1, 0.15) is 0 Å². The predicted octanol–water partition coefficient (Wildman–Crippen LogP) is 8.35. The van der Waals surface area contributed by atoms with E-state index in [2.05, 4.69) is 180 Å². The first-order chi connectivity index (χ1) is 24.8. The molecule has 3 heterocycles. The zero-order valence-electron chi connectivity index (χ0n) is 27.0. The number of rotatable bonds is 5. The van der Waals surface area contributed by atoms with Crippen molar-refractivity contribution in [3.63, 3.8) is 0 Å². The van der Waals surface area contributed by atoms with Gasteiger partial charge in [-0.1, -0.05) is 6.07 Å². The molecule has 0 unspecified atom stereocenters. The van der Waals surface area contributed by atoms with E-state index in [4.69, 9.17) is 9.97 Å². The summed E-state index contributed by atoms with van der Waals surface area (Å²) < 4.78 is 5.24. The van der Waals surface area contributed by atoms with Crippen molar-refractivity contribution in [1.29, 1.82) is 0 Å². The van der Waals surface area contributed by atoms with Crippen LogP contribution < -0.4 is 21.2 Å². The molecule has 0 saturated heterocycles. The van der Waals surface area contributed by atoms with Gasteiger partial charge in [0.15, 0.2) is 0 Å². The Balaban J connectivity index is 1.22. The fourth-order valence-electron chi connectivity index (χ4n) is 7.27. The Hall–Kier alpha value is -5.85. The quantitative estimate of drug-likeness (QED) is 0.166. The van der Waals surface area contributed by atoms with Crippen molar-refractivity contribution < 1.29 is 21.2 Å². The summed E-state index contributed by atoms with van der Waals surface area (Å²) in [6.07, 6.45) is 0. The predicted molar refractivity (Wildman–Crippen MR) is 201 cm³/mol. The van der Waals surface area contributed by atoms with Gasteiger partial charge in [0.2, 0.25) is 0 Å². The van der Waals surface area contributed by atoms with Crippen LogP contribution in [0.3, 0.4) is 0 Å². The Morgan fingerprint density at radius 2 is 1.02 bits per heavy atom. The number of hydrogen-bond acceptors (Lipinski definition) is 2. The van der Waals surface area contributed by atoms with Crippen LogP contribution in [-0.4, -0.2) is 14.5 Å². The van der Waals surface area contributed by atoms with Crippen molar-refractivity contribution >= 4 is 21.8 Å². The van der Waals surface area contributed by atoms with Crippen LogP contribution in [0.5, 0.6) is 0 Å². The standard InChI is InChI=1S/C46H29IN3/c1-3-13-30(14-4-1)31-25-27-32(28-26-31)41-29-42(49-46(48-41)39-22-11-19-36-34-17-7-9-23-40(34)47-44(36)39)38-21-12-20-37-35-18-8-10-24-43(35)50(45(37)38)33-15-5-2-6-16-33/h1-29H/q-1. The van der Waals surface area contributed by atoms with E-state index in [1.54, 1.807) is 0 Å². The Morgan fingerprint density at radius 1 is 0.420 bits per heavy atom. The zero-order valence-corrected chi connectivity index (χ0v) is 29.1. The topological polar surface area (TPSA) is 30.7 Å². The van der Waals surface area contributed by atoms with Gasteiger partial charge >= 0.3 is 296 Å². The molecule has 0 N–H and O–H groups in total. The van der Waals surface area contributed by atoms with E-state index in [1.165, 1.54) is 45.7 Å². The number of para-hydroxylation sites is 3. The molecule has 0 fully saturated rings. The number of nitrogens with zero attached hydrogens (tertiary/aromatic N) is 3. The molecule has 9 aromatic rings. The van der Waals surface area contributed by atoms with E-state index >= 15 is 0 Å². The molecule has 7 aromatic carbocycles. The van der Waals surface area contributed by atoms with Crippen LogP contribution in [0.1, 0.15) is 0 Å². The molecule has 0 saturated carbocycles. The van der Waals surface area contributed by atoms with E-state index in [0.29, 0.717) is 0 Å². The third-order valence-electron chi connectivity index (χ3n) is 9.60. The van der Waals surface area contributed by atoms with Crippen molar-refractivity contribution in [3.8, 4) is 61.8 Å². The van der Waals surface area contributed by atoms with Gasteiger partial charge in [0.05, 0.1) is 0 Å². The van der Waals surface area contributed by atoms with Crippen LogP contribution in [0.2, 0.25) is 0 Å². The third-order valence-corrected chi connectivity index (χ3v) is 12.8. The second-order valence-corrected chi connectivity index (χ2v) is 15.3. The van der Waals surface area contributed by atoms with Gasteiger partial charge in [-0.15, -0.1) is 0 Å². The summed E-state index contributed by atoms with van der Waals surface area (Å²) in [5.74, 6) is 0.772. The molecule has 3 nitrogen and oxygen atoms in total. The van der Waals surface area contributed by atoms with E-state index < -0.39 is 0 Å². The Kier molecular flexibility index (Phi) is 6.95. The second-order valence-electron chi connectivity index (χ2n) is 12.5. The van der Waals surface area contributed by atoms with Gasteiger partial charge in [-0.25, -0.2) is 0 Å². The average molecular weight is 751 g/mol. The summed E-state index contributed by atoms with van der Waals surface area (Å²) in [4.78, 5) is 10.8. The summed E-state index contributed by atoms with van der Waals surface area (Å²) in [6.45, 7) is 0. The number of aromatic nitrogens is 3. The van der Waals surface area contributed by atoms with Gasteiger partial charge in [-0.05, 0) is 0 Å². The van der Waals surface area contributed by atoms with E-state index in [0.717, 1.165) is 45.1 Å². The summed E-state index contributed by atoms with van der Waals surface area (Å²) in [5, 5.41) is 2.43. The first kappa shape index (κ1) is 29.1. The Morgan fingerprint density at radius 3 is 1.88 bits per heavy atom. The van der Waals surface area contributed by atoms with Crippen molar-refractivity contribution in [1.82, 2.24) is 14.5 Å². The number of benzene rings is 7. The van der Waals surface area contributed by atoms with Crippen LogP contribution in [0.25, 0.3) is 83.6 Å². The summed E-state index contributed by atoms with van der Waals surface area (Å²) in [7, 11) is 0. The molecule has 2 aromatic heterocycles. The Labute approximate surface area is 300 Å². The number of fused-ring (bicyclic) bond motifs is 6. The average Bonchev–Trinajstić information content (AvgIpc) is 3.75. The molecule has 10 rings (SSSR count). The SMILES string of the molecule is c1ccc(-c2ccc(-c3cc(-c4cccc5c6ccccc6n(-c6ccccc6)c45)nc(-c4cccc5c4[I-]c4ccccc4-5)n3)cc2)cc1. The number of halogens is 1. The molecule has 4 heteroatoms. The van der Waals surface area contributed by atoms with Gasteiger partial charge in [-0.2, -0.15) is 0 Å². The van der Waals surface area contributed by atoms with Gasteiger partial charge in [0, 0.05) is 0 Å². The molecule has 50 heavy (non-hydrogen) atoms. The Bertz CT molecular complexity index is 2710. The number of hydrogen-bond donors (Lipinski definition) is 0. The van der Waals surface area contributed by atoms with E-state index in [9.17, 15) is 0 Å². The fourth-order valence-corrected chi connectivity index (χ4v) is 10.5. The molecule has 0 atom stereocenters. The minimum absolute atomic E-state index is 0.369. The van der Waals surface area contributed by atoms with Gasteiger partial charge in [-0.3, -0.25) is 0 Å². The molecule has 236 valence electrons. The normalized spacial score (nSPS) is 12.1. The van der Waals surface area contributed by atoms with Crippen LogP contribution in [0, 0.1) is 7.14 Å². The molecular formula is C46H29IN3-. The summed E-state index contributed by atoms with van der Waals surface area (Å²) >= 11 is -0.369. The van der Waals surface area contributed by atoms with Crippen LogP contribution in [0.4, 0.5) is 0 Å². The van der Waals surface area contributed by atoms with Gasteiger partial charge in [0.25, 0.3) is 0 Å². The molecule has 0 aliphatic carbocycles. The molecule has 0 radical (unpaired) electrons. The molecule has 0 amide bonds. The molecular weight excluding hydrogens is 721 g/mol. The zero-order chi connectivity index (χ0) is 33.0. The van der Waals surface area contributed by atoms with Gasteiger partial charge < -0.3 is 0 Å². The van der Waals surface area contributed by atoms with Crippen molar-refractivity contribution in [3.05, 3.63) is 183 Å². The molecule has 0 bridgehead atoms. The van der Waals surface area contributed by atoms with Crippen molar-refractivity contribution in [2.75, 3.05) is 0 Å². The summed E-state index contributed by atoms with van der Waals surface area (Å²) in [6, 6.07) is 62.9. The van der Waals surface area contributed by atoms with E-state index in [1.807, 2.05) is 0 Å². The maximum absolute atomic E-state index is 5.45. The summed E-state index contributed by atoms with van der Waals surface area (Å²) in [5.41, 5.74) is 13.6. The van der Waals surface area contributed by atoms with Crippen molar-refractivity contribution in [2.45, 2.75) is 0 Å². The monoisotopic (exact) mass is 750 g/mol. The molecule has 1 aliphatic heterocycles. The van der Waals surface area contributed by atoms with Crippen LogP contribution in [0.15, 0.2) is 176 Å². The molecule has 1 aliphatic rings. The second kappa shape index (κ2) is 11.9. The van der Waals surface area contributed by atoms with Crippen molar-refractivity contribution in [2.24, 2.45) is 0 Å².